The van der Waals surface area contributed by atoms with Crippen molar-refractivity contribution in [3.63, 3.8) is 0 Å². The highest BCUT2D eigenvalue weighted by molar-refractivity contribution is 6.32. The van der Waals surface area contributed by atoms with Gasteiger partial charge >= 0.3 is 0 Å². The molecule has 0 radical (unpaired) electrons. The van der Waals surface area contributed by atoms with Crippen molar-refractivity contribution in [1.82, 2.24) is 19.8 Å². The smallest absolute Gasteiger partial charge is 0.157 e. The van der Waals surface area contributed by atoms with Crippen LogP contribution in [0.3, 0.4) is 0 Å². The van der Waals surface area contributed by atoms with Crippen molar-refractivity contribution in [2.75, 3.05) is 63.6 Å². The van der Waals surface area contributed by atoms with Crippen molar-refractivity contribution < 1.29 is 0 Å². The predicted molar refractivity (Wildman–Crippen MR) is 108 cm³/mol. The molecule has 1 aliphatic rings. The van der Waals surface area contributed by atoms with Crippen LogP contribution in [0.25, 0.3) is 0 Å². The summed E-state index contributed by atoms with van der Waals surface area (Å²) in [4.78, 5) is 15.6. The van der Waals surface area contributed by atoms with Crippen molar-refractivity contribution in [3.8, 4) is 0 Å². The molecule has 0 bridgehead atoms. The maximum Gasteiger partial charge on any atom is 0.157 e. The second kappa shape index (κ2) is 9.16. The molecule has 0 spiro atoms. The van der Waals surface area contributed by atoms with E-state index in [9.17, 15) is 0 Å². The molecule has 1 aliphatic heterocycles. The quantitative estimate of drug-likeness (QED) is 0.751. The van der Waals surface area contributed by atoms with Crippen LogP contribution in [0.2, 0.25) is 5.15 Å². The zero-order valence-electron chi connectivity index (χ0n) is 15.5. The van der Waals surface area contributed by atoms with Gasteiger partial charge in [-0.3, -0.25) is 4.90 Å². The highest BCUT2D eigenvalue weighted by Crippen LogP contribution is 2.29. The normalized spacial score (nSPS) is 15.5. The number of halogens is 1. The maximum atomic E-state index is 6.17. The van der Waals surface area contributed by atoms with Crippen LogP contribution < -0.4 is 10.2 Å². The first kappa shape index (κ1) is 18.9. The number of piperazine rings is 1. The van der Waals surface area contributed by atoms with Crippen molar-refractivity contribution in [1.29, 1.82) is 0 Å². The molecule has 0 atom stereocenters. The summed E-state index contributed by atoms with van der Waals surface area (Å²) in [6.45, 7) is 7.10. The van der Waals surface area contributed by atoms with Crippen molar-refractivity contribution in [3.05, 3.63) is 47.4 Å². The van der Waals surface area contributed by atoms with Gasteiger partial charge in [-0.15, -0.1) is 0 Å². The fourth-order valence-corrected chi connectivity index (χ4v) is 3.50. The molecule has 1 aromatic heterocycles. The number of hydrogen-bond acceptors (Lipinski definition) is 6. The Labute approximate surface area is 160 Å². The van der Waals surface area contributed by atoms with Gasteiger partial charge in [0, 0.05) is 52.9 Å². The molecule has 7 heteroatoms. The third kappa shape index (κ3) is 4.84. The first-order chi connectivity index (χ1) is 12.7. The van der Waals surface area contributed by atoms with E-state index in [1.807, 2.05) is 7.05 Å². The summed E-state index contributed by atoms with van der Waals surface area (Å²) in [5, 5.41) is 3.59. The van der Waals surface area contributed by atoms with Gasteiger partial charge in [-0.25, -0.2) is 9.97 Å². The molecule has 2 aromatic rings. The van der Waals surface area contributed by atoms with Gasteiger partial charge in [-0.05, 0) is 12.6 Å². The third-order valence-electron chi connectivity index (χ3n) is 4.80. The van der Waals surface area contributed by atoms with E-state index in [2.05, 4.69) is 67.4 Å². The minimum Gasteiger partial charge on any atom is -0.383 e. The molecule has 6 nitrogen and oxygen atoms in total. The highest BCUT2D eigenvalue weighted by atomic mass is 35.5. The molecular formula is C19H27ClN6. The lowest BCUT2D eigenvalue weighted by Crippen LogP contribution is -2.48. The summed E-state index contributed by atoms with van der Waals surface area (Å²) in [6, 6.07) is 10.6. The molecule has 3 rings (SSSR count). The van der Waals surface area contributed by atoms with E-state index >= 15 is 0 Å². The van der Waals surface area contributed by atoms with E-state index < -0.39 is 0 Å². The summed E-state index contributed by atoms with van der Waals surface area (Å²) < 4.78 is 0. The predicted octanol–water partition coefficient (Wildman–Crippen LogP) is 2.43. The van der Waals surface area contributed by atoms with Gasteiger partial charge in [-0.2, -0.15) is 0 Å². The number of nitrogens with one attached hydrogen (secondary N) is 1. The van der Waals surface area contributed by atoms with Crippen molar-refractivity contribution in [2.24, 2.45) is 0 Å². The highest BCUT2D eigenvalue weighted by Gasteiger charge is 2.21. The Balaban J connectivity index is 1.46. The van der Waals surface area contributed by atoms with Crippen LogP contribution in [-0.2, 0) is 6.54 Å². The second-order valence-electron chi connectivity index (χ2n) is 6.67. The lowest BCUT2D eigenvalue weighted by atomic mass is 10.2. The zero-order chi connectivity index (χ0) is 18.4. The van der Waals surface area contributed by atoms with Crippen LogP contribution in [0.4, 0.5) is 11.5 Å². The standard InChI is InChI=1S/C19H27ClN6/c1-21-17-18(20)22-15-23-19(17)26-12-10-25(11-13-26)9-8-24(2)14-16-6-4-3-5-7-16/h3-7,15,21H,8-14H2,1-2H3. The maximum absolute atomic E-state index is 6.17. The first-order valence-electron chi connectivity index (χ1n) is 9.05. The van der Waals surface area contributed by atoms with Gasteiger partial charge in [-0.1, -0.05) is 41.9 Å². The summed E-state index contributed by atoms with van der Waals surface area (Å²) in [7, 11) is 4.04. The number of hydrogen-bond donors (Lipinski definition) is 1. The largest absolute Gasteiger partial charge is 0.383 e. The first-order valence-corrected chi connectivity index (χ1v) is 9.43. The molecule has 0 aliphatic carbocycles. The van der Waals surface area contributed by atoms with E-state index in [0.717, 1.165) is 57.3 Å². The number of aromatic nitrogens is 2. The van der Waals surface area contributed by atoms with Crippen LogP contribution in [0.1, 0.15) is 5.56 Å². The molecule has 1 N–H and O–H groups in total. The third-order valence-corrected chi connectivity index (χ3v) is 5.08. The number of anilines is 2. The molecule has 1 saturated heterocycles. The summed E-state index contributed by atoms with van der Waals surface area (Å²) in [5.74, 6) is 0.897. The molecule has 26 heavy (non-hydrogen) atoms. The molecular weight excluding hydrogens is 348 g/mol. The van der Waals surface area contributed by atoms with Crippen LogP contribution in [0.15, 0.2) is 36.7 Å². The van der Waals surface area contributed by atoms with Gasteiger partial charge in [0.15, 0.2) is 11.0 Å². The Morgan fingerprint density at radius 1 is 1.12 bits per heavy atom. The topological polar surface area (TPSA) is 47.5 Å². The number of likely N-dealkylation sites (N-methyl/N-ethyl adjacent to an activating group) is 1. The Hall–Kier alpha value is -1.89. The Morgan fingerprint density at radius 2 is 1.85 bits per heavy atom. The average molecular weight is 375 g/mol. The van der Waals surface area contributed by atoms with Gasteiger partial charge in [0.1, 0.15) is 12.0 Å². The molecule has 2 heterocycles. The molecule has 140 valence electrons. The summed E-state index contributed by atoms with van der Waals surface area (Å²) in [6.07, 6.45) is 1.53. The molecule has 0 amide bonds. The van der Waals surface area contributed by atoms with Gasteiger partial charge in [0.05, 0.1) is 0 Å². The van der Waals surface area contributed by atoms with Crippen molar-refractivity contribution in [2.45, 2.75) is 6.54 Å². The molecule has 0 saturated carbocycles. The Morgan fingerprint density at radius 3 is 2.54 bits per heavy atom. The van der Waals surface area contributed by atoms with E-state index in [-0.39, 0.29) is 0 Å². The van der Waals surface area contributed by atoms with Crippen molar-refractivity contribution >= 4 is 23.1 Å². The minimum atomic E-state index is 0.475. The summed E-state index contributed by atoms with van der Waals surface area (Å²) >= 11 is 6.17. The van der Waals surface area contributed by atoms with Gasteiger partial charge in [0.2, 0.25) is 0 Å². The zero-order valence-corrected chi connectivity index (χ0v) is 16.3. The fourth-order valence-electron chi connectivity index (χ4n) is 3.28. The number of benzene rings is 1. The fraction of sp³-hybridized carbons (Fsp3) is 0.474. The van der Waals surface area contributed by atoms with Crippen LogP contribution in [0.5, 0.6) is 0 Å². The minimum absolute atomic E-state index is 0.475. The van der Waals surface area contributed by atoms with E-state index in [4.69, 9.17) is 11.6 Å². The number of rotatable bonds is 7. The molecule has 1 fully saturated rings. The van der Waals surface area contributed by atoms with Gasteiger partial charge in [0.25, 0.3) is 0 Å². The van der Waals surface area contributed by atoms with Crippen LogP contribution in [-0.4, -0.2) is 73.1 Å². The lowest BCUT2D eigenvalue weighted by molar-refractivity contribution is 0.212. The van der Waals surface area contributed by atoms with Gasteiger partial charge < -0.3 is 15.1 Å². The Kier molecular flexibility index (Phi) is 6.66. The SMILES string of the molecule is CNc1c(Cl)ncnc1N1CCN(CCN(C)Cc2ccccc2)CC1. The molecule has 0 unspecified atom stereocenters. The van der Waals surface area contributed by atoms with E-state index in [1.54, 1.807) is 0 Å². The second-order valence-corrected chi connectivity index (χ2v) is 7.02. The lowest BCUT2D eigenvalue weighted by Gasteiger charge is -2.36. The van der Waals surface area contributed by atoms with Crippen LogP contribution >= 0.6 is 11.6 Å². The van der Waals surface area contributed by atoms with Crippen LogP contribution in [0, 0.1) is 0 Å². The number of nitrogens with zero attached hydrogens (tertiary/aromatic N) is 5. The van der Waals surface area contributed by atoms with E-state index in [0.29, 0.717) is 5.15 Å². The summed E-state index contributed by atoms with van der Waals surface area (Å²) in [5.41, 5.74) is 2.17. The monoisotopic (exact) mass is 374 g/mol. The van der Waals surface area contributed by atoms with E-state index in [1.165, 1.54) is 11.9 Å². The average Bonchev–Trinajstić information content (AvgIpc) is 2.67. The molecule has 1 aromatic carbocycles. The Bertz CT molecular complexity index is 688.